The highest BCUT2D eigenvalue weighted by atomic mass is 32.1. The number of carboxylic acids is 2. The molecule has 1 heterocycles. The van der Waals surface area contributed by atoms with E-state index in [1.165, 1.54) is 11.3 Å². The molecule has 2 aromatic rings. The van der Waals surface area contributed by atoms with Crippen molar-refractivity contribution in [1.29, 1.82) is 0 Å². The van der Waals surface area contributed by atoms with E-state index in [-0.39, 0.29) is 6.42 Å². The number of fused-ring (bicyclic) bond motifs is 1. The van der Waals surface area contributed by atoms with Gasteiger partial charge in [-0.1, -0.05) is 23.5 Å². The third-order valence-electron chi connectivity index (χ3n) is 2.77. The van der Waals surface area contributed by atoms with E-state index in [2.05, 4.69) is 10.2 Å². The molecule has 0 saturated carbocycles. The van der Waals surface area contributed by atoms with Crippen LogP contribution in [0.2, 0.25) is 0 Å². The molecule has 7 nitrogen and oxygen atoms in total. The van der Waals surface area contributed by atoms with E-state index in [9.17, 15) is 19.8 Å². The van der Waals surface area contributed by atoms with E-state index in [1.807, 2.05) is 24.3 Å². The van der Waals surface area contributed by atoms with Crippen LogP contribution in [0, 0.1) is 0 Å². The highest BCUT2D eigenvalue weighted by Crippen LogP contribution is 2.15. The summed E-state index contributed by atoms with van der Waals surface area (Å²) < 4.78 is 2.76. The highest BCUT2D eigenvalue weighted by molar-refractivity contribution is 7.16. The normalized spacial score (nSPS) is 12.8. The smallest absolute Gasteiger partial charge is 0.211 e. The fraction of sp³-hybridized carbons (Fsp3) is 0.231. The van der Waals surface area contributed by atoms with E-state index in [4.69, 9.17) is 0 Å². The number of carbonyl (C=O) groups is 2. The third kappa shape index (κ3) is 3.54. The van der Waals surface area contributed by atoms with Crippen LogP contribution in [-0.4, -0.2) is 22.2 Å². The quantitative estimate of drug-likeness (QED) is 0.509. The van der Waals surface area contributed by atoms with E-state index in [0.717, 1.165) is 10.2 Å². The molecule has 21 heavy (non-hydrogen) atoms. The molecule has 0 radical (unpaired) electrons. The van der Waals surface area contributed by atoms with Crippen LogP contribution < -0.4 is 15.0 Å². The molecule has 0 aliphatic carbocycles. The Morgan fingerprint density at radius 3 is 2.57 bits per heavy atom. The maximum Gasteiger partial charge on any atom is 0.211 e. The molecule has 0 bridgehead atoms. The zero-order valence-electron chi connectivity index (χ0n) is 11.1. The van der Waals surface area contributed by atoms with Gasteiger partial charge in [0.2, 0.25) is 4.80 Å². The Hall–Kier alpha value is -2.48. The fourth-order valence-electron chi connectivity index (χ4n) is 1.69. The zero-order chi connectivity index (χ0) is 15.4. The van der Waals surface area contributed by atoms with Crippen molar-refractivity contribution in [3.63, 3.8) is 0 Å². The van der Waals surface area contributed by atoms with Crippen molar-refractivity contribution < 1.29 is 19.8 Å². The first-order valence-corrected chi connectivity index (χ1v) is 6.87. The number of aliphatic carboxylic acids is 2. The van der Waals surface area contributed by atoms with Gasteiger partial charge in [0.15, 0.2) is 0 Å². The summed E-state index contributed by atoms with van der Waals surface area (Å²) in [7, 11) is 1.78. The zero-order valence-corrected chi connectivity index (χ0v) is 11.9. The predicted molar refractivity (Wildman–Crippen MR) is 73.0 cm³/mol. The van der Waals surface area contributed by atoms with Gasteiger partial charge in [0.1, 0.15) is 0 Å². The maximum absolute atomic E-state index is 10.9. The van der Waals surface area contributed by atoms with Crippen LogP contribution in [-0.2, 0) is 16.6 Å². The lowest BCUT2D eigenvalue weighted by molar-refractivity contribution is -0.305. The summed E-state index contributed by atoms with van der Waals surface area (Å²) in [6, 6.07) is 7.59. The number of thiazole rings is 1. The van der Waals surface area contributed by atoms with Gasteiger partial charge in [0.05, 0.1) is 21.9 Å². The molecular formula is C13H11N3O4S-2. The van der Waals surface area contributed by atoms with Gasteiger partial charge in [-0.05, 0) is 25.0 Å². The number of hydrogen-bond donors (Lipinski definition) is 0. The van der Waals surface area contributed by atoms with Crippen LogP contribution in [0.4, 0.5) is 0 Å². The first-order chi connectivity index (χ1) is 9.99. The highest BCUT2D eigenvalue weighted by Gasteiger charge is 2.03. The van der Waals surface area contributed by atoms with Gasteiger partial charge < -0.3 is 24.4 Å². The monoisotopic (exact) mass is 305 g/mol. The van der Waals surface area contributed by atoms with E-state index in [0.29, 0.717) is 4.80 Å². The lowest BCUT2D eigenvalue weighted by atomic mass is 10.2. The standard InChI is InChI=1S/C13H13N3O4S/c1-16-9-4-2-3-5-10(9)21-13(16)15-14-8(12(19)20)6-7-11(17)18/h2-5H,6-7H2,1H3,(H,17,18)(H,19,20)/p-2/b14-8+,15-13+. The van der Waals surface area contributed by atoms with Gasteiger partial charge in [0, 0.05) is 13.0 Å². The minimum absolute atomic E-state index is 0.289. The fourth-order valence-corrected chi connectivity index (χ4v) is 2.66. The molecule has 0 N–H and O–H groups in total. The van der Waals surface area contributed by atoms with E-state index < -0.39 is 24.1 Å². The van der Waals surface area contributed by atoms with Crippen LogP contribution in [0.15, 0.2) is 34.5 Å². The predicted octanol–water partition coefficient (Wildman–Crippen LogP) is -1.22. The van der Waals surface area contributed by atoms with Crippen LogP contribution in [0.3, 0.4) is 0 Å². The Morgan fingerprint density at radius 2 is 1.95 bits per heavy atom. The van der Waals surface area contributed by atoms with Gasteiger partial charge in [0.25, 0.3) is 0 Å². The lowest BCUT2D eigenvalue weighted by Crippen LogP contribution is -2.33. The molecule has 0 spiro atoms. The molecule has 1 aromatic heterocycles. The first kappa shape index (κ1) is 14.9. The van der Waals surface area contributed by atoms with Crippen molar-refractivity contribution in [2.45, 2.75) is 12.8 Å². The maximum atomic E-state index is 10.9. The summed E-state index contributed by atoms with van der Waals surface area (Å²) in [5.74, 6) is -2.89. The van der Waals surface area contributed by atoms with Crippen molar-refractivity contribution in [2.24, 2.45) is 17.3 Å². The average Bonchev–Trinajstić information content (AvgIpc) is 2.75. The number of hydrogen-bond acceptors (Lipinski definition) is 7. The van der Waals surface area contributed by atoms with Gasteiger partial charge >= 0.3 is 0 Å². The second-order valence-electron chi connectivity index (χ2n) is 4.22. The largest absolute Gasteiger partial charge is 0.550 e. The van der Waals surface area contributed by atoms with Gasteiger partial charge in [-0.15, -0.1) is 5.10 Å². The Morgan fingerprint density at radius 1 is 1.24 bits per heavy atom. The Labute approximate surface area is 123 Å². The topological polar surface area (TPSA) is 110 Å². The molecule has 110 valence electrons. The van der Waals surface area contributed by atoms with Gasteiger partial charge in [-0.3, -0.25) is 0 Å². The number of benzene rings is 1. The second kappa shape index (κ2) is 6.31. The number of carbonyl (C=O) groups excluding carboxylic acids is 2. The van der Waals surface area contributed by atoms with E-state index in [1.54, 1.807) is 11.6 Å². The second-order valence-corrected chi connectivity index (χ2v) is 5.23. The average molecular weight is 305 g/mol. The van der Waals surface area contributed by atoms with Crippen LogP contribution in [0.25, 0.3) is 10.2 Å². The van der Waals surface area contributed by atoms with Crippen molar-refractivity contribution in [1.82, 2.24) is 4.57 Å². The molecule has 0 fully saturated rings. The minimum Gasteiger partial charge on any atom is -0.550 e. The van der Waals surface area contributed by atoms with Crippen molar-refractivity contribution in [2.75, 3.05) is 0 Å². The van der Waals surface area contributed by atoms with E-state index >= 15 is 0 Å². The van der Waals surface area contributed by atoms with Crippen molar-refractivity contribution in [3.05, 3.63) is 29.1 Å². The number of carboxylic acid groups (broad SMARTS) is 2. The third-order valence-corrected chi connectivity index (χ3v) is 3.88. The molecule has 8 heteroatoms. The van der Waals surface area contributed by atoms with Gasteiger partial charge in [-0.25, -0.2) is 0 Å². The molecular weight excluding hydrogens is 294 g/mol. The molecule has 0 amide bonds. The summed E-state index contributed by atoms with van der Waals surface area (Å²) in [6.45, 7) is 0. The van der Waals surface area contributed by atoms with Crippen molar-refractivity contribution in [3.8, 4) is 0 Å². The molecule has 0 aliphatic heterocycles. The van der Waals surface area contributed by atoms with Crippen LogP contribution in [0.5, 0.6) is 0 Å². The molecule has 1 aromatic carbocycles. The Kier molecular flexibility index (Phi) is 4.49. The number of nitrogens with zero attached hydrogens (tertiary/aromatic N) is 3. The number of aryl methyl sites for hydroxylation is 1. The van der Waals surface area contributed by atoms with Gasteiger partial charge in [-0.2, -0.15) is 5.10 Å². The lowest BCUT2D eigenvalue weighted by Gasteiger charge is -2.05. The summed E-state index contributed by atoms with van der Waals surface area (Å²) in [6.07, 6.45) is -0.732. The number of rotatable bonds is 5. The first-order valence-electron chi connectivity index (χ1n) is 6.05. The number of aromatic nitrogens is 1. The minimum atomic E-state index is -1.54. The number of para-hydroxylation sites is 1. The molecule has 0 saturated heterocycles. The Balaban J connectivity index is 2.39. The van der Waals surface area contributed by atoms with Crippen LogP contribution >= 0.6 is 11.3 Å². The van der Waals surface area contributed by atoms with Crippen LogP contribution in [0.1, 0.15) is 12.8 Å². The van der Waals surface area contributed by atoms with Crippen molar-refractivity contribution >= 4 is 39.2 Å². The summed E-state index contributed by atoms with van der Waals surface area (Å²) in [4.78, 5) is 21.7. The molecule has 2 rings (SSSR count). The summed E-state index contributed by atoms with van der Waals surface area (Å²) in [5, 5.41) is 28.7. The Bertz CT molecular complexity index is 788. The summed E-state index contributed by atoms with van der Waals surface area (Å²) >= 11 is 1.35. The molecule has 0 atom stereocenters. The molecule has 0 aliphatic rings. The summed E-state index contributed by atoms with van der Waals surface area (Å²) in [5.41, 5.74) is 0.526. The SMILES string of the molecule is Cn1/c(=N\N=C(/CCC(=O)[O-])C(=O)[O-])sc2ccccc21. The molecule has 0 unspecified atom stereocenters.